The third-order valence-electron chi connectivity index (χ3n) is 5.43. The molecule has 2 aliphatic heterocycles. The van der Waals surface area contributed by atoms with Crippen molar-refractivity contribution in [1.29, 1.82) is 0 Å². The molecule has 0 radical (unpaired) electrons. The molecule has 0 aliphatic carbocycles. The molecule has 8 heteroatoms. The maximum absolute atomic E-state index is 12.7. The number of para-hydroxylation sites is 1. The van der Waals surface area contributed by atoms with E-state index in [9.17, 15) is 9.59 Å². The molecule has 2 aromatic rings. The number of rotatable bonds is 4. The van der Waals surface area contributed by atoms with E-state index in [1.54, 1.807) is 4.90 Å². The summed E-state index contributed by atoms with van der Waals surface area (Å²) >= 11 is 0. The topological polar surface area (TPSA) is 74.6 Å². The number of likely N-dealkylation sites (tertiary alicyclic amines) is 1. The second kappa shape index (κ2) is 8.52. The van der Waals surface area contributed by atoms with Gasteiger partial charge in [-0.1, -0.05) is 18.2 Å². The first-order valence-corrected chi connectivity index (χ1v) is 9.98. The summed E-state index contributed by atoms with van der Waals surface area (Å²) in [7, 11) is 0. The van der Waals surface area contributed by atoms with E-state index in [0.717, 1.165) is 31.6 Å². The number of aromatic nitrogens is 3. The largest absolute Gasteiger partial charge is 0.342 e. The van der Waals surface area contributed by atoms with Crippen molar-refractivity contribution in [3.05, 3.63) is 42.2 Å². The Labute approximate surface area is 164 Å². The molecule has 1 aromatic heterocycles. The van der Waals surface area contributed by atoms with Gasteiger partial charge in [0.1, 0.15) is 0 Å². The zero-order valence-electron chi connectivity index (χ0n) is 16.0. The first-order chi connectivity index (χ1) is 13.7. The summed E-state index contributed by atoms with van der Waals surface area (Å²) in [6.07, 6.45) is 4.95. The van der Waals surface area contributed by atoms with Crippen molar-refractivity contribution in [2.24, 2.45) is 0 Å². The normalized spacial score (nSPS) is 18.3. The van der Waals surface area contributed by atoms with Crippen LogP contribution in [0, 0.1) is 0 Å². The van der Waals surface area contributed by atoms with Crippen LogP contribution >= 0.6 is 0 Å². The summed E-state index contributed by atoms with van der Waals surface area (Å²) < 4.78 is 0. The maximum atomic E-state index is 12.7. The highest BCUT2D eigenvalue weighted by atomic mass is 16.2. The molecule has 2 amide bonds. The van der Waals surface area contributed by atoms with Crippen LogP contribution in [0.4, 0.5) is 0 Å². The molecule has 0 bridgehead atoms. The van der Waals surface area contributed by atoms with Gasteiger partial charge < -0.3 is 9.80 Å². The first-order valence-electron chi connectivity index (χ1n) is 9.98. The number of carbonyl (C=O) groups is 2. The molecule has 4 rings (SSSR count). The molecule has 148 valence electrons. The van der Waals surface area contributed by atoms with Gasteiger partial charge in [-0.3, -0.25) is 14.5 Å². The lowest BCUT2D eigenvalue weighted by Gasteiger charge is -2.35. The second-order valence-electron chi connectivity index (χ2n) is 7.36. The SMILES string of the molecule is O=C(CN1CCN(C(=O)c2cnn(-c3ccccc3)n2)CC1)N1CCCCC1. The number of carbonyl (C=O) groups excluding carboxylic acids is 2. The van der Waals surface area contributed by atoms with Gasteiger partial charge in [0.25, 0.3) is 5.91 Å². The fourth-order valence-corrected chi connectivity index (χ4v) is 3.75. The van der Waals surface area contributed by atoms with Crippen molar-refractivity contribution in [2.45, 2.75) is 19.3 Å². The number of amides is 2. The number of piperidine rings is 1. The van der Waals surface area contributed by atoms with Gasteiger partial charge in [0.2, 0.25) is 5.91 Å². The molecule has 0 atom stereocenters. The molecular weight excluding hydrogens is 356 g/mol. The highest BCUT2D eigenvalue weighted by Gasteiger charge is 2.26. The highest BCUT2D eigenvalue weighted by Crippen LogP contribution is 2.12. The second-order valence-corrected chi connectivity index (χ2v) is 7.36. The van der Waals surface area contributed by atoms with Crippen LogP contribution in [-0.2, 0) is 4.79 Å². The molecule has 2 saturated heterocycles. The highest BCUT2D eigenvalue weighted by molar-refractivity contribution is 5.92. The van der Waals surface area contributed by atoms with E-state index in [4.69, 9.17) is 0 Å². The number of benzene rings is 1. The number of piperazine rings is 1. The minimum Gasteiger partial charge on any atom is -0.342 e. The van der Waals surface area contributed by atoms with Crippen LogP contribution in [0.3, 0.4) is 0 Å². The molecule has 0 unspecified atom stereocenters. The predicted molar refractivity (Wildman–Crippen MR) is 104 cm³/mol. The van der Waals surface area contributed by atoms with Gasteiger partial charge in [0.05, 0.1) is 18.4 Å². The number of hydrogen-bond donors (Lipinski definition) is 0. The zero-order valence-corrected chi connectivity index (χ0v) is 16.0. The summed E-state index contributed by atoms with van der Waals surface area (Å²) in [5, 5.41) is 8.53. The molecule has 2 fully saturated rings. The Morgan fingerprint density at radius 2 is 1.57 bits per heavy atom. The van der Waals surface area contributed by atoms with Crippen LogP contribution in [0.1, 0.15) is 29.8 Å². The fourth-order valence-electron chi connectivity index (χ4n) is 3.75. The van der Waals surface area contributed by atoms with Gasteiger partial charge in [-0.05, 0) is 31.4 Å². The molecule has 0 spiro atoms. The predicted octanol–water partition coefficient (Wildman–Crippen LogP) is 1.04. The number of nitrogens with zero attached hydrogens (tertiary/aromatic N) is 6. The molecule has 0 N–H and O–H groups in total. The van der Waals surface area contributed by atoms with Crippen LogP contribution in [-0.4, -0.2) is 87.3 Å². The van der Waals surface area contributed by atoms with Crippen molar-refractivity contribution in [3.8, 4) is 5.69 Å². The summed E-state index contributed by atoms with van der Waals surface area (Å²) in [5.74, 6) is 0.106. The van der Waals surface area contributed by atoms with Crippen LogP contribution < -0.4 is 0 Å². The molecule has 2 aliphatic rings. The van der Waals surface area contributed by atoms with E-state index in [0.29, 0.717) is 38.4 Å². The van der Waals surface area contributed by atoms with E-state index in [1.165, 1.54) is 17.4 Å². The summed E-state index contributed by atoms with van der Waals surface area (Å²) in [4.78, 5) is 32.5. The van der Waals surface area contributed by atoms with Gasteiger partial charge in [-0.25, -0.2) is 0 Å². The molecule has 28 heavy (non-hydrogen) atoms. The quantitative estimate of drug-likeness (QED) is 0.790. The Morgan fingerprint density at radius 3 is 2.29 bits per heavy atom. The molecule has 0 saturated carbocycles. The van der Waals surface area contributed by atoms with Crippen LogP contribution in [0.5, 0.6) is 0 Å². The average Bonchev–Trinajstić information content (AvgIpc) is 3.25. The molecule has 3 heterocycles. The zero-order chi connectivity index (χ0) is 19.3. The van der Waals surface area contributed by atoms with E-state index < -0.39 is 0 Å². The van der Waals surface area contributed by atoms with Gasteiger partial charge in [0, 0.05) is 39.3 Å². The van der Waals surface area contributed by atoms with Crippen LogP contribution in [0.2, 0.25) is 0 Å². The third kappa shape index (κ3) is 4.22. The third-order valence-corrected chi connectivity index (χ3v) is 5.43. The molecular formula is C20H26N6O2. The lowest BCUT2D eigenvalue weighted by molar-refractivity contribution is -0.133. The van der Waals surface area contributed by atoms with Gasteiger partial charge in [0.15, 0.2) is 5.69 Å². The maximum Gasteiger partial charge on any atom is 0.276 e. The first kappa shape index (κ1) is 18.6. The van der Waals surface area contributed by atoms with Crippen molar-refractivity contribution >= 4 is 11.8 Å². The lowest BCUT2D eigenvalue weighted by atomic mass is 10.1. The number of hydrogen-bond acceptors (Lipinski definition) is 5. The Kier molecular flexibility index (Phi) is 5.66. The molecule has 1 aromatic carbocycles. The monoisotopic (exact) mass is 382 g/mol. The Bertz CT molecular complexity index is 807. The van der Waals surface area contributed by atoms with E-state index >= 15 is 0 Å². The van der Waals surface area contributed by atoms with Crippen molar-refractivity contribution < 1.29 is 9.59 Å². The minimum atomic E-state index is -0.107. The van der Waals surface area contributed by atoms with Crippen LogP contribution in [0.15, 0.2) is 36.5 Å². The fraction of sp³-hybridized carbons (Fsp3) is 0.500. The van der Waals surface area contributed by atoms with E-state index in [-0.39, 0.29) is 11.8 Å². The van der Waals surface area contributed by atoms with Gasteiger partial charge in [-0.2, -0.15) is 9.90 Å². The summed E-state index contributed by atoms with van der Waals surface area (Å²) in [5.41, 5.74) is 1.17. The Hall–Kier alpha value is -2.74. The Morgan fingerprint density at radius 1 is 0.857 bits per heavy atom. The van der Waals surface area contributed by atoms with E-state index in [1.807, 2.05) is 35.2 Å². The van der Waals surface area contributed by atoms with E-state index in [2.05, 4.69) is 15.1 Å². The summed E-state index contributed by atoms with van der Waals surface area (Å²) in [6.45, 7) is 4.83. The summed E-state index contributed by atoms with van der Waals surface area (Å²) in [6, 6.07) is 9.53. The van der Waals surface area contributed by atoms with Gasteiger partial charge >= 0.3 is 0 Å². The van der Waals surface area contributed by atoms with Gasteiger partial charge in [-0.15, -0.1) is 5.10 Å². The average molecular weight is 382 g/mol. The minimum absolute atomic E-state index is 0.107. The van der Waals surface area contributed by atoms with Crippen molar-refractivity contribution in [2.75, 3.05) is 45.8 Å². The van der Waals surface area contributed by atoms with Crippen molar-refractivity contribution in [3.63, 3.8) is 0 Å². The van der Waals surface area contributed by atoms with Crippen molar-refractivity contribution in [1.82, 2.24) is 29.7 Å². The van der Waals surface area contributed by atoms with Crippen LogP contribution in [0.25, 0.3) is 5.69 Å². The lowest BCUT2D eigenvalue weighted by Crippen LogP contribution is -2.52. The molecule has 8 nitrogen and oxygen atoms in total. The standard InChI is InChI=1S/C20H26N6O2/c27-19(24-9-5-2-6-10-24)16-23-11-13-25(14-12-23)20(28)18-15-21-26(22-18)17-7-3-1-4-8-17/h1,3-4,7-8,15H,2,5-6,9-14,16H2. The Balaban J connectivity index is 1.29. The smallest absolute Gasteiger partial charge is 0.276 e.